The summed E-state index contributed by atoms with van der Waals surface area (Å²) in [6.45, 7) is 2.56. The molecule has 0 atom stereocenters. The van der Waals surface area contributed by atoms with Crippen LogP contribution in [0.3, 0.4) is 0 Å². The van der Waals surface area contributed by atoms with Gasteiger partial charge in [0.1, 0.15) is 11.3 Å². The molecule has 5 heteroatoms. The van der Waals surface area contributed by atoms with Gasteiger partial charge in [-0.3, -0.25) is 4.79 Å². The summed E-state index contributed by atoms with van der Waals surface area (Å²) in [6, 6.07) is 15.6. The highest BCUT2D eigenvalue weighted by Gasteiger charge is 2.10. The number of amides is 1. The summed E-state index contributed by atoms with van der Waals surface area (Å²) in [6.07, 6.45) is 0.313. The monoisotopic (exact) mass is 326 g/mol. The summed E-state index contributed by atoms with van der Waals surface area (Å²) in [5, 5.41) is 0. The molecule has 1 amide bonds. The third-order valence-corrected chi connectivity index (χ3v) is 4.60. The van der Waals surface area contributed by atoms with Gasteiger partial charge < -0.3 is 9.30 Å². The van der Waals surface area contributed by atoms with Crippen LogP contribution in [0.4, 0.5) is 0 Å². The molecule has 3 aromatic rings. The molecule has 0 fully saturated rings. The minimum absolute atomic E-state index is 0.142. The summed E-state index contributed by atoms with van der Waals surface area (Å²) in [5.74, 6) is 0.678. The van der Waals surface area contributed by atoms with Crippen molar-refractivity contribution in [2.75, 3.05) is 6.61 Å². The molecule has 0 unspecified atom stereocenters. The number of ether oxygens (including phenoxy) is 1. The number of carbonyl (C=O) groups excluding carboxylic acids is 1. The van der Waals surface area contributed by atoms with E-state index in [9.17, 15) is 4.79 Å². The van der Waals surface area contributed by atoms with Gasteiger partial charge in [0.25, 0.3) is 5.91 Å². The number of rotatable bonds is 4. The smallest absolute Gasteiger partial charge is 0.252 e. The summed E-state index contributed by atoms with van der Waals surface area (Å²) in [7, 11) is 1.91. The van der Waals surface area contributed by atoms with Gasteiger partial charge in [-0.15, -0.1) is 0 Å². The van der Waals surface area contributed by atoms with Gasteiger partial charge in [0.05, 0.1) is 17.7 Å². The van der Waals surface area contributed by atoms with Gasteiger partial charge in [0.15, 0.2) is 4.80 Å². The number of benzene rings is 2. The standard InChI is InChI=1S/C18H18N2O2S/c1-3-22-14-10-7-11-15-17(14)20(2)18(23-15)19-16(21)12-13-8-5-4-6-9-13/h4-11H,3,12H2,1-2H3. The van der Waals surface area contributed by atoms with Crippen LogP contribution in [0.2, 0.25) is 0 Å². The molecule has 0 aliphatic heterocycles. The summed E-state index contributed by atoms with van der Waals surface area (Å²) < 4.78 is 8.66. The molecule has 4 nitrogen and oxygen atoms in total. The Morgan fingerprint density at radius 2 is 1.96 bits per heavy atom. The van der Waals surface area contributed by atoms with Crippen molar-refractivity contribution in [1.29, 1.82) is 0 Å². The number of hydrogen-bond acceptors (Lipinski definition) is 3. The zero-order chi connectivity index (χ0) is 16.2. The highest BCUT2D eigenvalue weighted by Crippen LogP contribution is 2.26. The van der Waals surface area contributed by atoms with Crippen molar-refractivity contribution in [2.24, 2.45) is 12.0 Å². The van der Waals surface area contributed by atoms with Gasteiger partial charge in [-0.1, -0.05) is 47.7 Å². The lowest BCUT2D eigenvalue weighted by Gasteiger charge is -2.05. The average Bonchev–Trinajstić information content (AvgIpc) is 2.86. The topological polar surface area (TPSA) is 43.6 Å². The predicted octanol–water partition coefficient (Wildman–Crippen LogP) is 3.31. The molecule has 3 rings (SSSR count). The first kappa shape index (κ1) is 15.5. The fourth-order valence-corrected chi connectivity index (χ4v) is 3.52. The van der Waals surface area contributed by atoms with Gasteiger partial charge >= 0.3 is 0 Å². The third-order valence-electron chi connectivity index (χ3n) is 3.50. The first-order chi connectivity index (χ1) is 11.2. The van der Waals surface area contributed by atoms with Crippen molar-refractivity contribution in [3.8, 4) is 5.75 Å². The normalized spacial score (nSPS) is 11.8. The summed E-state index contributed by atoms with van der Waals surface area (Å²) in [4.78, 5) is 17.2. The molecule has 0 aliphatic rings. The van der Waals surface area contributed by atoms with E-state index in [1.807, 2.05) is 67.1 Å². The number of carbonyl (C=O) groups is 1. The Morgan fingerprint density at radius 1 is 1.17 bits per heavy atom. The number of aryl methyl sites for hydroxylation is 1. The van der Waals surface area contributed by atoms with Crippen molar-refractivity contribution in [2.45, 2.75) is 13.3 Å². The quantitative estimate of drug-likeness (QED) is 0.738. The van der Waals surface area contributed by atoms with E-state index < -0.39 is 0 Å². The molecule has 0 bridgehead atoms. The predicted molar refractivity (Wildman–Crippen MR) is 92.7 cm³/mol. The second-order valence-electron chi connectivity index (χ2n) is 5.15. The number of fused-ring (bicyclic) bond motifs is 1. The van der Waals surface area contributed by atoms with Gasteiger partial charge in [-0.25, -0.2) is 0 Å². The number of aromatic nitrogens is 1. The van der Waals surface area contributed by atoms with Crippen LogP contribution in [0.15, 0.2) is 53.5 Å². The molecule has 0 saturated carbocycles. The Labute approximate surface area is 138 Å². The van der Waals surface area contributed by atoms with Crippen molar-refractivity contribution in [3.63, 3.8) is 0 Å². The molecule has 0 spiro atoms. The third kappa shape index (κ3) is 3.35. The molecule has 0 N–H and O–H groups in total. The molecule has 1 aromatic heterocycles. The van der Waals surface area contributed by atoms with Crippen molar-refractivity contribution in [1.82, 2.24) is 4.57 Å². The van der Waals surface area contributed by atoms with Gasteiger partial charge in [-0.2, -0.15) is 4.99 Å². The van der Waals surface area contributed by atoms with E-state index in [-0.39, 0.29) is 5.91 Å². The van der Waals surface area contributed by atoms with Crippen LogP contribution >= 0.6 is 11.3 Å². The first-order valence-electron chi connectivity index (χ1n) is 7.52. The van der Waals surface area contributed by atoms with Crippen molar-refractivity contribution < 1.29 is 9.53 Å². The highest BCUT2D eigenvalue weighted by molar-refractivity contribution is 7.16. The van der Waals surface area contributed by atoms with Gasteiger partial charge in [0, 0.05) is 7.05 Å². The molecule has 118 valence electrons. The Kier molecular flexibility index (Phi) is 4.57. The first-order valence-corrected chi connectivity index (χ1v) is 8.33. The van der Waals surface area contributed by atoms with Crippen LogP contribution < -0.4 is 9.54 Å². The van der Waals surface area contributed by atoms with Crippen LogP contribution in [-0.4, -0.2) is 17.1 Å². The summed E-state index contributed by atoms with van der Waals surface area (Å²) in [5.41, 5.74) is 1.95. The van der Waals surface area contributed by atoms with E-state index in [1.165, 1.54) is 11.3 Å². The lowest BCUT2D eigenvalue weighted by atomic mass is 10.1. The zero-order valence-electron chi connectivity index (χ0n) is 13.2. The molecule has 1 heterocycles. The van der Waals surface area contributed by atoms with E-state index >= 15 is 0 Å². The average molecular weight is 326 g/mol. The second kappa shape index (κ2) is 6.79. The van der Waals surface area contributed by atoms with Crippen LogP contribution in [0.5, 0.6) is 5.75 Å². The Bertz CT molecular complexity index is 894. The number of hydrogen-bond donors (Lipinski definition) is 0. The summed E-state index contributed by atoms with van der Waals surface area (Å²) >= 11 is 1.50. The number of thiazole rings is 1. The molecule has 0 radical (unpaired) electrons. The molecular weight excluding hydrogens is 308 g/mol. The second-order valence-corrected chi connectivity index (χ2v) is 6.16. The molecule has 0 saturated heterocycles. The van der Waals surface area contributed by atoms with Crippen molar-refractivity contribution in [3.05, 3.63) is 58.9 Å². The molecule has 0 aliphatic carbocycles. The van der Waals surface area contributed by atoms with E-state index in [4.69, 9.17) is 4.74 Å². The Morgan fingerprint density at radius 3 is 2.70 bits per heavy atom. The largest absolute Gasteiger partial charge is 0.492 e. The van der Waals surface area contributed by atoms with Gasteiger partial charge in [0.2, 0.25) is 0 Å². The Hall–Kier alpha value is -2.40. The lowest BCUT2D eigenvalue weighted by Crippen LogP contribution is -2.14. The maximum Gasteiger partial charge on any atom is 0.252 e. The van der Waals surface area contributed by atoms with Gasteiger partial charge in [-0.05, 0) is 24.6 Å². The minimum Gasteiger partial charge on any atom is -0.492 e. The Balaban J connectivity index is 1.98. The van der Waals surface area contributed by atoms with Crippen LogP contribution in [0.25, 0.3) is 10.2 Å². The van der Waals surface area contributed by atoms with Crippen LogP contribution in [-0.2, 0) is 18.3 Å². The molecule has 2 aromatic carbocycles. The van der Waals surface area contributed by atoms with Crippen LogP contribution in [0, 0.1) is 0 Å². The van der Waals surface area contributed by atoms with E-state index in [0.29, 0.717) is 17.8 Å². The fourth-order valence-electron chi connectivity index (χ4n) is 2.46. The maximum atomic E-state index is 12.2. The minimum atomic E-state index is -0.142. The zero-order valence-corrected chi connectivity index (χ0v) is 14.0. The van der Waals surface area contributed by atoms with Crippen molar-refractivity contribution >= 4 is 27.5 Å². The molecule has 23 heavy (non-hydrogen) atoms. The van der Waals surface area contributed by atoms with Crippen LogP contribution in [0.1, 0.15) is 12.5 Å². The van der Waals surface area contributed by atoms with E-state index in [1.54, 1.807) is 0 Å². The molecular formula is C18H18N2O2S. The van der Waals surface area contributed by atoms with E-state index in [2.05, 4.69) is 4.99 Å². The SMILES string of the molecule is CCOc1cccc2sc(=NC(=O)Cc3ccccc3)n(C)c12. The number of nitrogens with zero attached hydrogens (tertiary/aromatic N) is 2. The maximum absolute atomic E-state index is 12.2. The lowest BCUT2D eigenvalue weighted by molar-refractivity contribution is -0.117. The highest BCUT2D eigenvalue weighted by atomic mass is 32.1. The van der Waals surface area contributed by atoms with E-state index in [0.717, 1.165) is 21.5 Å². The fraction of sp³-hybridized carbons (Fsp3) is 0.222. The number of para-hydroxylation sites is 1.